The van der Waals surface area contributed by atoms with Crippen molar-refractivity contribution < 1.29 is 14.3 Å². The number of hydrogen-bond donors (Lipinski definition) is 1. The van der Waals surface area contributed by atoms with Crippen LogP contribution in [0.15, 0.2) is 6.07 Å². The summed E-state index contributed by atoms with van der Waals surface area (Å²) in [6.45, 7) is 10.6. The van der Waals surface area contributed by atoms with Crippen LogP contribution >= 0.6 is 11.3 Å². The molecule has 0 radical (unpaired) electrons. The summed E-state index contributed by atoms with van der Waals surface area (Å²) in [5, 5.41) is 7.76. The molecule has 1 aliphatic rings. The van der Waals surface area contributed by atoms with Gasteiger partial charge in [0.25, 0.3) is 5.91 Å². The number of ether oxygens (including phenoxy) is 1. The molecule has 2 aromatic rings. The van der Waals surface area contributed by atoms with Crippen LogP contribution in [0.3, 0.4) is 0 Å². The van der Waals surface area contributed by atoms with Gasteiger partial charge in [-0.15, -0.1) is 11.3 Å². The zero-order valence-corrected chi connectivity index (χ0v) is 17.3. The number of nitrogens with one attached hydrogen (secondary N) is 1. The number of thiophene rings is 1. The lowest BCUT2D eigenvalue weighted by Crippen LogP contribution is -2.35. The Labute approximate surface area is 163 Å². The molecule has 0 saturated carbocycles. The number of aromatic nitrogens is 2. The molecule has 0 spiro atoms. The molecule has 0 fully saturated rings. The molecule has 1 N–H and O–H groups in total. The maximum absolute atomic E-state index is 12.7. The number of carbonyl (C=O) groups is 2. The molecule has 3 rings (SSSR count). The highest BCUT2D eigenvalue weighted by atomic mass is 32.1. The van der Waals surface area contributed by atoms with Crippen LogP contribution in [-0.2, 0) is 24.2 Å². The predicted molar refractivity (Wildman–Crippen MR) is 105 cm³/mol. The Balaban J connectivity index is 1.92. The molecular formula is C19H26N4O3S. The molecule has 0 aliphatic carbocycles. The molecule has 0 unspecified atom stereocenters. The van der Waals surface area contributed by atoms with E-state index in [1.807, 2.05) is 13.8 Å². The third kappa shape index (κ3) is 3.77. The standard InChI is InChI=1S/C19H26N4O3S/c1-6-23-12(4)9-14(21-23)17(24)20-18-16(19(25)26-5)13-7-8-22(11(2)3)10-15(13)27-18/h9,11H,6-8,10H2,1-5H3,(H,20,24). The van der Waals surface area contributed by atoms with Gasteiger partial charge in [0, 0.05) is 36.2 Å². The largest absolute Gasteiger partial charge is 0.465 e. The highest BCUT2D eigenvalue weighted by molar-refractivity contribution is 7.17. The van der Waals surface area contributed by atoms with Crippen LogP contribution in [0.25, 0.3) is 0 Å². The fraction of sp³-hybridized carbons (Fsp3) is 0.526. The Morgan fingerprint density at radius 3 is 2.74 bits per heavy atom. The monoisotopic (exact) mass is 390 g/mol. The lowest BCUT2D eigenvalue weighted by molar-refractivity contribution is 0.0600. The summed E-state index contributed by atoms with van der Waals surface area (Å²) < 4.78 is 6.76. The summed E-state index contributed by atoms with van der Waals surface area (Å²) in [6, 6.07) is 2.19. The molecule has 3 heterocycles. The molecule has 0 atom stereocenters. The van der Waals surface area contributed by atoms with E-state index in [0.29, 0.717) is 28.8 Å². The maximum atomic E-state index is 12.7. The predicted octanol–water partition coefficient (Wildman–Crippen LogP) is 3.08. The van der Waals surface area contributed by atoms with Crippen molar-refractivity contribution in [1.29, 1.82) is 0 Å². The number of aryl methyl sites for hydroxylation is 2. The molecule has 8 heteroatoms. The highest BCUT2D eigenvalue weighted by Gasteiger charge is 2.30. The molecule has 0 aromatic carbocycles. The first-order chi connectivity index (χ1) is 12.8. The van der Waals surface area contributed by atoms with Crippen LogP contribution in [0.1, 0.15) is 57.8 Å². The fourth-order valence-electron chi connectivity index (χ4n) is 3.38. The zero-order chi connectivity index (χ0) is 19.7. The van der Waals surface area contributed by atoms with E-state index in [9.17, 15) is 9.59 Å². The van der Waals surface area contributed by atoms with Crippen molar-refractivity contribution in [2.75, 3.05) is 19.0 Å². The first-order valence-electron chi connectivity index (χ1n) is 9.18. The number of methoxy groups -OCH3 is 1. The molecule has 1 amide bonds. The van der Waals surface area contributed by atoms with Crippen molar-refractivity contribution in [1.82, 2.24) is 14.7 Å². The summed E-state index contributed by atoms with van der Waals surface area (Å²) in [5.74, 6) is -0.717. The number of fused-ring (bicyclic) bond motifs is 1. The van der Waals surface area contributed by atoms with Gasteiger partial charge in [0.2, 0.25) is 0 Å². The molecule has 27 heavy (non-hydrogen) atoms. The molecule has 146 valence electrons. The summed E-state index contributed by atoms with van der Waals surface area (Å²) >= 11 is 1.46. The minimum Gasteiger partial charge on any atom is -0.465 e. The number of hydrogen-bond acceptors (Lipinski definition) is 6. The van der Waals surface area contributed by atoms with Gasteiger partial charge >= 0.3 is 5.97 Å². The lowest BCUT2D eigenvalue weighted by atomic mass is 10.0. The van der Waals surface area contributed by atoms with Crippen molar-refractivity contribution >= 4 is 28.2 Å². The SMILES string of the molecule is CCn1nc(C(=O)Nc2sc3c(c2C(=O)OC)CCN(C(C)C)C3)cc1C. The second kappa shape index (κ2) is 7.82. The van der Waals surface area contributed by atoms with Crippen molar-refractivity contribution in [3.8, 4) is 0 Å². The normalized spacial score (nSPS) is 14.3. The number of rotatable bonds is 5. The van der Waals surface area contributed by atoms with E-state index < -0.39 is 5.97 Å². The van der Waals surface area contributed by atoms with Crippen LogP contribution in [0.5, 0.6) is 0 Å². The summed E-state index contributed by atoms with van der Waals surface area (Å²) in [5.41, 5.74) is 2.75. The second-order valence-corrected chi connectivity index (χ2v) is 8.06. The van der Waals surface area contributed by atoms with Gasteiger partial charge < -0.3 is 10.1 Å². The Bertz CT molecular complexity index is 869. The van der Waals surface area contributed by atoms with Crippen LogP contribution in [-0.4, -0.2) is 46.3 Å². The van der Waals surface area contributed by atoms with Gasteiger partial charge in [0.15, 0.2) is 5.69 Å². The zero-order valence-electron chi connectivity index (χ0n) is 16.5. The number of carbonyl (C=O) groups excluding carboxylic acids is 2. The number of nitrogens with zero attached hydrogens (tertiary/aromatic N) is 3. The van der Waals surface area contributed by atoms with E-state index in [1.54, 1.807) is 10.7 Å². The van der Waals surface area contributed by atoms with Gasteiger partial charge in [-0.05, 0) is 45.7 Å². The van der Waals surface area contributed by atoms with E-state index in [4.69, 9.17) is 4.74 Å². The Hall–Kier alpha value is -2.19. The number of anilines is 1. The highest BCUT2D eigenvalue weighted by Crippen LogP contribution is 2.38. The third-order valence-electron chi connectivity index (χ3n) is 4.95. The Morgan fingerprint density at radius 1 is 1.41 bits per heavy atom. The van der Waals surface area contributed by atoms with E-state index in [0.717, 1.165) is 35.6 Å². The Morgan fingerprint density at radius 2 is 2.15 bits per heavy atom. The molecule has 1 aliphatic heterocycles. The van der Waals surface area contributed by atoms with Gasteiger partial charge in [0.05, 0.1) is 12.7 Å². The van der Waals surface area contributed by atoms with Gasteiger partial charge in [-0.3, -0.25) is 14.4 Å². The van der Waals surface area contributed by atoms with Crippen molar-refractivity contribution in [2.45, 2.75) is 53.2 Å². The van der Waals surface area contributed by atoms with E-state index >= 15 is 0 Å². The second-order valence-electron chi connectivity index (χ2n) is 6.95. The minimum atomic E-state index is -0.406. The third-order valence-corrected chi connectivity index (χ3v) is 6.08. The van der Waals surface area contributed by atoms with Crippen molar-refractivity contribution in [3.05, 3.63) is 33.5 Å². The van der Waals surface area contributed by atoms with Crippen LogP contribution < -0.4 is 5.32 Å². The molecule has 7 nitrogen and oxygen atoms in total. The van der Waals surface area contributed by atoms with Crippen molar-refractivity contribution in [2.24, 2.45) is 0 Å². The fourth-order valence-corrected chi connectivity index (χ4v) is 4.63. The smallest absolute Gasteiger partial charge is 0.341 e. The lowest BCUT2D eigenvalue weighted by Gasteiger charge is -2.30. The molecule has 0 saturated heterocycles. The summed E-state index contributed by atoms with van der Waals surface area (Å²) in [6.07, 6.45) is 0.772. The van der Waals surface area contributed by atoms with Gasteiger partial charge in [-0.1, -0.05) is 0 Å². The van der Waals surface area contributed by atoms with E-state index in [1.165, 1.54) is 18.4 Å². The number of amides is 1. The first-order valence-corrected chi connectivity index (χ1v) is 10.00. The molecular weight excluding hydrogens is 364 g/mol. The maximum Gasteiger partial charge on any atom is 0.341 e. The van der Waals surface area contributed by atoms with E-state index in [2.05, 4.69) is 29.2 Å². The van der Waals surface area contributed by atoms with Gasteiger partial charge in [-0.25, -0.2) is 4.79 Å². The first kappa shape index (κ1) is 19.6. The molecule has 2 aromatic heterocycles. The van der Waals surface area contributed by atoms with Crippen LogP contribution in [0.2, 0.25) is 0 Å². The van der Waals surface area contributed by atoms with Gasteiger partial charge in [0.1, 0.15) is 5.00 Å². The molecule has 0 bridgehead atoms. The Kier molecular flexibility index (Phi) is 5.67. The average molecular weight is 391 g/mol. The van der Waals surface area contributed by atoms with Crippen LogP contribution in [0, 0.1) is 6.92 Å². The van der Waals surface area contributed by atoms with Gasteiger partial charge in [-0.2, -0.15) is 5.10 Å². The van der Waals surface area contributed by atoms with Crippen LogP contribution in [0.4, 0.5) is 5.00 Å². The minimum absolute atomic E-state index is 0.310. The summed E-state index contributed by atoms with van der Waals surface area (Å²) in [4.78, 5) is 28.6. The average Bonchev–Trinajstić information content (AvgIpc) is 3.20. The van der Waals surface area contributed by atoms with Crippen molar-refractivity contribution in [3.63, 3.8) is 0 Å². The van der Waals surface area contributed by atoms with E-state index in [-0.39, 0.29) is 5.91 Å². The topological polar surface area (TPSA) is 76.5 Å². The summed E-state index contributed by atoms with van der Waals surface area (Å²) in [7, 11) is 1.37. The quantitative estimate of drug-likeness (QED) is 0.794. The number of esters is 1.